The van der Waals surface area contributed by atoms with Crippen LogP contribution in [-0.4, -0.2) is 120 Å². The second kappa shape index (κ2) is 8.39. The number of Topliss-reactive ketones (excluding diaryl/α,β-unsaturated/α-hetero) is 1. The first-order valence-electron chi connectivity index (χ1n) is 6.84. The molecule has 1 aliphatic heterocycles. The molecule has 9 N–H and O–H groups in total. The molecule has 1 rings (SSSR count). The highest BCUT2D eigenvalue weighted by molar-refractivity contribution is 5.88. The molecule has 0 aromatic rings. The minimum Gasteiger partial charge on any atom is -0.394 e. The highest BCUT2D eigenvalue weighted by Crippen LogP contribution is 2.24. The van der Waals surface area contributed by atoms with Gasteiger partial charge in [-0.05, 0) is 0 Å². The SMILES string of the molecule is O=C(C(O)[C@@H]1O[C@H](CO)[C@H](O)[C@H](O)[C@H]1O)[C@@H](O)[C@H](O)[C@H](O)CO. The van der Waals surface area contributed by atoms with Crippen LogP contribution in [0.2, 0.25) is 0 Å². The van der Waals surface area contributed by atoms with Crippen LogP contribution in [0.15, 0.2) is 0 Å². The smallest absolute Gasteiger partial charge is 0.195 e. The molecule has 9 atom stereocenters. The van der Waals surface area contributed by atoms with Crippen LogP contribution in [-0.2, 0) is 9.53 Å². The summed E-state index contributed by atoms with van der Waals surface area (Å²) in [4.78, 5) is 11.9. The van der Waals surface area contributed by atoms with E-state index in [0.29, 0.717) is 0 Å². The van der Waals surface area contributed by atoms with Gasteiger partial charge in [-0.1, -0.05) is 0 Å². The molecule has 11 heteroatoms. The van der Waals surface area contributed by atoms with Crippen molar-refractivity contribution in [2.75, 3.05) is 13.2 Å². The van der Waals surface area contributed by atoms with Crippen molar-refractivity contribution in [3.8, 4) is 0 Å². The number of hydrogen-bond donors (Lipinski definition) is 9. The molecular weight excluding hydrogens is 320 g/mol. The van der Waals surface area contributed by atoms with Crippen molar-refractivity contribution in [3.63, 3.8) is 0 Å². The molecule has 136 valence electrons. The third kappa shape index (κ3) is 4.22. The van der Waals surface area contributed by atoms with Gasteiger partial charge in [-0.25, -0.2) is 0 Å². The normalized spacial score (nSPS) is 37.0. The number of hydrogen-bond acceptors (Lipinski definition) is 11. The molecule has 0 amide bonds. The van der Waals surface area contributed by atoms with Crippen molar-refractivity contribution in [3.05, 3.63) is 0 Å². The maximum Gasteiger partial charge on any atom is 0.195 e. The molecule has 23 heavy (non-hydrogen) atoms. The van der Waals surface area contributed by atoms with E-state index in [-0.39, 0.29) is 0 Å². The van der Waals surface area contributed by atoms with Gasteiger partial charge in [0.2, 0.25) is 0 Å². The zero-order valence-corrected chi connectivity index (χ0v) is 12.0. The molecule has 0 saturated carbocycles. The van der Waals surface area contributed by atoms with E-state index >= 15 is 0 Å². The summed E-state index contributed by atoms with van der Waals surface area (Å²) in [5.74, 6) is -1.45. The summed E-state index contributed by atoms with van der Waals surface area (Å²) < 4.78 is 4.94. The third-order valence-corrected chi connectivity index (χ3v) is 3.73. The number of rotatable bonds is 7. The molecule has 0 spiro atoms. The number of aliphatic hydroxyl groups is 9. The zero-order chi connectivity index (χ0) is 17.9. The fraction of sp³-hybridized carbons (Fsp3) is 0.917. The lowest BCUT2D eigenvalue weighted by Gasteiger charge is -2.41. The average Bonchev–Trinajstić information content (AvgIpc) is 2.56. The first-order valence-corrected chi connectivity index (χ1v) is 6.84. The lowest BCUT2D eigenvalue weighted by atomic mass is 9.89. The van der Waals surface area contributed by atoms with E-state index in [9.17, 15) is 35.4 Å². The second-order valence-corrected chi connectivity index (χ2v) is 5.33. The van der Waals surface area contributed by atoms with E-state index in [1.54, 1.807) is 0 Å². The first-order chi connectivity index (χ1) is 10.7. The van der Waals surface area contributed by atoms with Crippen LogP contribution in [0, 0.1) is 0 Å². The number of aliphatic hydroxyl groups excluding tert-OH is 9. The van der Waals surface area contributed by atoms with E-state index in [2.05, 4.69) is 0 Å². The summed E-state index contributed by atoms with van der Waals surface area (Å²) in [6.07, 6.45) is -17.1. The summed E-state index contributed by atoms with van der Waals surface area (Å²) in [6, 6.07) is 0. The molecule has 11 nitrogen and oxygen atoms in total. The molecule has 0 bridgehead atoms. The van der Waals surface area contributed by atoms with Gasteiger partial charge in [-0.3, -0.25) is 4.79 Å². The molecule has 1 aliphatic rings. The second-order valence-electron chi connectivity index (χ2n) is 5.33. The Hall–Kier alpha value is -0.730. The fourth-order valence-electron chi connectivity index (χ4n) is 2.21. The molecule has 1 saturated heterocycles. The Labute approximate surface area is 130 Å². The largest absolute Gasteiger partial charge is 0.394 e. The summed E-state index contributed by atoms with van der Waals surface area (Å²) in [5.41, 5.74) is 0. The minimum atomic E-state index is -2.31. The predicted octanol–water partition coefficient (Wildman–Crippen LogP) is -6.17. The van der Waals surface area contributed by atoms with E-state index in [0.717, 1.165) is 0 Å². The number of carbonyl (C=O) groups excluding carboxylic acids is 1. The van der Waals surface area contributed by atoms with Crippen LogP contribution in [0.5, 0.6) is 0 Å². The molecule has 0 aliphatic carbocycles. The highest BCUT2D eigenvalue weighted by atomic mass is 16.6. The summed E-state index contributed by atoms with van der Waals surface area (Å²) in [6.45, 7) is -1.74. The molecule has 0 aromatic carbocycles. The van der Waals surface area contributed by atoms with Crippen molar-refractivity contribution in [1.29, 1.82) is 0 Å². The predicted molar refractivity (Wildman–Crippen MR) is 69.9 cm³/mol. The standard InChI is InChI=1S/C12H22O11/c13-1-3(15)5(16)7(18)9(20)11(22)12-10(21)8(19)6(17)4(2-14)23-12/h3-8,10-19,21-22H,1-2H2/t3-,4-,5-,6+,7+,8+,10-,11?,12-/m1/s1. The molecule has 1 heterocycles. The Kier molecular flexibility index (Phi) is 7.41. The first kappa shape index (κ1) is 20.3. The minimum absolute atomic E-state index is 0.781. The van der Waals surface area contributed by atoms with Gasteiger partial charge < -0.3 is 50.7 Å². The number of ether oxygens (including phenoxy) is 1. The quantitative estimate of drug-likeness (QED) is 0.212. The van der Waals surface area contributed by atoms with Gasteiger partial charge in [0, 0.05) is 0 Å². The van der Waals surface area contributed by atoms with E-state index in [1.165, 1.54) is 0 Å². The van der Waals surface area contributed by atoms with E-state index in [1.807, 2.05) is 0 Å². The monoisotopic (exact) mass is 342 g/mol. The third-order valence-electron chi connectivity index (χ3n) is 3.73. The highest BCUT2D eigenvalue weighted by Gasteiger charge is 2.49. The van der Waals surface area contributed by atoms with Crippen molar-refractivity contribution >= 4 is 5.78 Å². The van der Waals surface area contributed by atoms with Gasteiger partial charge in [-0.2, -0.15) is 0 Å². The zero-order valence-electron chi connectivity index (χ0n) is 12.0. The Bertz CT molecular complexity index is 389. The Morgan fingerprint density at radius 3 is 2.00 bits per heavy atom. The van der Waals surface area contributed by atoms with Crippen LogP contribution < -0.4 is 0 Å². The Morgan fingerprint density at radius 2 is 1.52 bits per heavy atom. The summed E-state index contributed by atoms with van der Waals surface area (Å²) in [7, 11) is 0. The molecule has 1 fully saturated rings. The van der Waals surface area contributed by atoms with Gasteiger partial charge in [0.25, 0.3) is 0 Å². The van der Waals surface area contributed by atoms with Crippen LogP contribution in [0.25, 0.3) is 0 Å². The molecule has 0 aromatic heterocycles. The summed E-state index contributed by atoms with van der Waals surface area (Å²) in [5, 5.41) is 84.6. The summed E-state index contributed by atoms with van der Waals surface area (Å²) >= 11 is 0. The van der Waals surface area contributed by atoms with Gasteiger partial charge in [-0.15, -0.1) is 0 Å². The van der Waals surface area contributed by atoms with Crippen molar-refractivity contribution < 1.29 is 55.5 Å². The average molecular weight is 342 g/mol. The molecular formula is C12H22O11. The number of carbonyl (C=O) groups is 1. The van der Waals surface area contributed by atoms with Gasteiger partial charge >= 0.3 is 0 Å². The van der Waals surface area contributed by atoms with Crippen LogP contribution in [0.4, 0.5) is 0 Å². The lowest BCUT2D eigenvalue weighted by molar-refractivity contribution is -0.248. The van der Waals surface area contributed by atoms with E-state index in [4.69, 9.17) is 20.1 Å². The van der Waals surface area contributed by atoms with Gasteiger partial charge in [0.1, 0.15) is 54.9 Å². The van der Waals surface area contributed by atoms with Gasteiger partial charge in [0.15, 0.2) is 5.78 Å². The van der Waals surface area contributed by atoms with Gasteiger partial charge in [0.05, 0.1) is 13.2 Å². The molecule has 1 unspecified atom stereocenters. The van der Waals surface area contributed by atoms with Crippen LogP contribution in [0.3, 0.4) is 0 Å². The maximum absolute atomic E-state index is 11.9. The van der Waals surface area contributed by atoms with Crippen LogP contribution >= 0.6 is 0 Å². The van der Waals surface area contributed by atoms with Crippen molar-refractivity contribution in [2.45, 2.75) is 54.9 Å². The Morgan fingerprint density at radius 1 is 0.957 bits per heavy atom. The van der Waals surface area contributed by atoms with E-state index < -0.39 is 73.9 Å². The Balaban J connectivity index is 2.85. The topological polar surface area (TPSA) is 208 Å². The maximum atomic E-state index is 11.9. The fourth-order valence-corrected chi connectivity index (χ4v) is 2.21. The van der Waals surface area contributed by atoms with Crippen LogP contribution in [0.1, 0.15) is 0 Å². The molecule has 0 radical (unpaired) electrons. The lowest BCUT2D eigenvalue weighted by Crippen LogP contribution is -2.63. The van der Waals surface area contributed by atoms with Crippen molar-refractivity contribution in [1.82, 2.24) is 0 Å². The number of ketones is 1. The van der Waals surface area contributed by atoms with Crippen molar-refractivity contribution in [2.24, 2.45) is 0 Å².